The van der Waals surface area contributed by atoms with Gasteiger partial charge in [-0.3, -0.25) is 4.79 Å². The topological polar surface area (TPSA) is 118 Å². The molecule has 2 amide bonds. The van der Waals surface area contributed by atoms with E-state index in [1.807, 2.05) is 24.3 Å². The van der Waals surface area contributed by atoms with Crippen LogP contribution in [0.1, 0.15) is 43.8 Å². The number of amides is 2. The Kier molecular flexibility index (Phi) is 6.69. The summed E-state index contributed by atoms with van der Waals surface area (Å²) in [6.07, 6.45) is -0.508. The van der Waals surface area contributed by atoms with Gasteiger partial charge in [0.25, 0.3) is 0 Å². The number of carbonyl (C=O) groups is 3. The van der Waals surface area contributed by atoms with Crippen molar-refractivity contribution < 1.29 is 24.2 Å². The minimum atomic E-state index is -1.03. The highest BCUT2D eigenvalue weighted by Crippen LogP contribution is 2.44. The van der Waals surface area contributed by atoms with Gasteiger partial charge in [0, 0.05) is 18.9 Å². The number of carboxylic acid groups (broad SMARTS) is 1. The molecule has 1 aliphatic carbocycles. The first-order chi connectivity index (χ1) is 15.9. The van der Waals surface area contributed by atoms with E-state index in [9.17, 15) is 14.4 Å². The van der Waals surface area contributed by atoms with Crippen LogP contribution >= 0.6 is 11.3 Å². The van der Waals surface area contributed by atoms with Crippen LogP contribution in [0.5, 0.6) is 0 Å². The molecule has 1 aromatic heterocycles. The molecule has 3 aromatic rings. The van der Waals surface area contributed by atoms with Crippen molar-refractivity contribution in [3.63, 3.8) is 0 Å². The molecule has 0 bridgehead atoms. The van der Waals surface area contributed by atoms with E-state index in [-0.39, 0.29) is 42.8 Å². The van der Waals surface area contributed by atoms with Gasteiger partial charge in [0.1, 0.15) is 16.5 Å². The Morgan fingerprint density at radius 1 is 1.03 bits per heavy atom. The molecule has 3 N–H and O–H groups in total. The fourth-order valence-electron chi connectivity index (χ4n) is 3.92. The second-order valence-electron chi connectivity index (χ2n) is 7.61. The van der Waals surface area contributed by atoms with E-state index < -0.39 is 12.1 Å². The van der Waals surface area contributed by atoms with Crippen molar-refractivity contribution in [2.75, 3.05) is 13.2 Å². The first-order valence-corrected chi connectivity index (χ1v) is 11.3. The van der Waals surface area contributed by atoms with Gasteiger partial charge in [0.2, 0.25) is 5.91 Å². The van der Waals surface area contributed by atoms with E-state index in [1.165, 1.54) is 0 Å². The van der Waals surface area contributed by atoms with Gasteiger partial charge in [-0.15, -0.1) is 11.3 Å². The third kappa shape index (κ3) is 5.04. The molecule has 0 aliphatic heterocycles. The van der Waals surface area contributed by atoms with Gasteiger partial charge in [-0.05, 0) is 29.2 Å². The van der Waals surface area contributed by atoms with E-state index in [0.717, 1.165) is 33.6 Å². The van der Waals surface area contributed by atoms with Crippen molar-refractivity contribution in [1.82, 2.24) is 15.6 Å². The average molecular weight is 466 g/mol. The smallest absolute Gasteiger partial charge is 0.407 e. The third-order valence-corrected chi connectivity index (χ3v) is 6.58. The number of thiazole rings is 1. The average Bonchev–Trinajstić information content (AvgIpc) is 3.34. The normalized spacial score (nSPS) is 12.0. The summed E-state index contributed by atoms with van der Waals surface area (Å²) in [5.74, 6) is -1.34. The number of alkyl carbamates (subject to hydrolysis) is 1. The molecule has 170 valence electrons. The standard InChI is InChI=1S/C24H23N3O5S/c1-14-22(23(29)30)33-21(27-14)12-26-20(28)10-11-25-24(31)32-13-19-17-8-4-2-6-15(17)16-7-3-5-9-18(16)19/h2-9,19H,10-13H2,1H3,(H,25,31)(H,26,28)(H,29,30). The summed E-state index contributed by atoms with van der Waals surface area (Å²) in [6, 6.07) is 16.2. The van der Waals surface area contributed by atoms with Crippen LogP contribution in [0, 0.1) is 6.92 Å². The Hall–Kier alpha value is -3.72. The van der Waals surface area contributed by atoms with Crippen molar-refractivity contribution in [2.45, 2.75) is 25.8 Å². The number of carbonyl (C=O) groups excluding carboxylic acids is 2. The van der Waals surface area contributed by atoms with E-state index in [0.29, 0.717) is 10.7 Å². The molecule has 0 fully saturated rings. The summed E-state index contributed by atoms with van der Waals surface area (Å²) >= 11 is 1.03. The van der Waals surface area contributed by atoms with Crippen LogP contribution in [0.4, 0.5) is 4.79 Å². The number of hydrogen-bond donors (Lipinski definition) is 3. The second-order valence-corrected chi connectivity index (χ2v) is 8.69. The maximum atomic E-state index is 12.2. The lowest BCUT2D eigenvalue weighted by atomic mass is 9.98. The van der Waals surface area contributed by atoms with Gasteiger partial charge in [0.05, 0.1) is 12.2 Å². The monoisotopic (exact) mass is 465 g/mol. The zero-order valence-electron chi connectivity index (χ0n) is 18.0. The Morgan fingerprint density at radius 3 is 2.27 bits per heavy atom. The highest BCUT2D eigenvalue weighted by Gasteiger charge is 2.29. The lowest BCUT2D eigenvalue weighted by molar-refractivity contribution is -0.121. The fourth-order valence-corrected chi connectivity index (χ4v) is 4.76. The van der Waals surface area contributed by atoms with E-state index in [2.05, 4.69) is 39.9 Å². The Balaban J connectivity index is 1.22. The zero-order valence-corrected chi connectivity index (χ0v) is 18.8. The van der Waals surface area contributed by atoms with Crippen molar-refractivity contribution in [3.8, 4) is 11.1 Å². The van der Waals surface area contributed by atoms with Crippen LogP contribution in [0.25, 0.3) is 11.1 Å². The Bertz CT molecular complexity index is 1160. The summed E-state index contributed by atoms with van der Waals surface area (Å²) in [5.41, 5.74) is 5.01. The predicted molar refractivity (Wildman–Crippen MR) is 123 cm³/mol. The molecular weight excluding hydrogens is 442 g/mol. The van der Waals surface area contributed by atoms with Gasteiger partial charge < -0.3 is 20.5 Å². The summed E-state index contributed by atoms with van der Waals surface area (Å²) < 4.78 is 5.44. The van der Waals surface area contributed by atoms with Crippen LogP contribution in [0.15, 0.2) is 48.5 Å². The lowest BCUT2D eigenvalue weighted by Crippen LogP contribution is -2.31. The van der Waals surface area contributed by atoms with Gasteiger partial charge in [-0.25, -0.2) is 14.6 Å². The Labute approximate surface area is 194 Å². The van der Waals surface area contributed by atoms with Gasteiger partial charge in [0.15, 0.2) is 0 Å². The minimum absolute atomic E-state index is 0.0242. The van der Waals surface area contributed by atoms with Gasteiger partial charge >= 0.3 is 12.1 Å². The number of aromatic carboxylic acids is 1. The van der Waals surface area contributed by atoms with Crippen LogP contribution in [0.2, 0.25) is 0 Å². The van der Waals surface area contributed by atoms with E-state index in [1.54, 1.807) is 6.92 Å². The number of fused-ring (bicyclic) bond motifs is 3. The quantitative estimate of drug-likeness (QED) is 0.467. The van der Waals surface area contributed by atoms with Crippen molar-refractivity contribution in [3.05, 3.63) is 75.2 Å². The van der Waals surface area contributed by atoms with Crippen molar-refractivity contribution in [2.24, 2.45) is 0 Å². The molecule has 1 aliphatic rings. The first-order valence-electron chi connectivity index (χ1n) is 10.5. The first kappa shape index (κ1) is 22.5. The maximum Gasteiger partial charge on any atom is 0.407 e. The number of ether oxygens (including phenoxy) is 1. The van der Waals surface area contributed by atoms with Gasteiger partial charge in [-0.2, -0.15) is 0 Å². The number of benzene rings is 2. The third-order valence-electron chi connectivity index (χ3n) is 5.44. The molecule has 0 radical (unpaired) electrons. The van der Waals surface area contributed by atoms with Crippen LogP contribution in [0.3, 0.4) is 0 Å². The Morgan fingerprint density at radius 2 is 1.67 bits per heavy atom. The molecular formula is C24H23N3O5S. The molecule has 33 heavy (non-hydrogen) atoms. The number of carboxylic acids is 1. The molecule has 4 rings (SSSR count). The van der Waals surface area contributed by atoms with Crippen LogP contribution in [-0.4, -0.2) is 41.2 Å². The lowest BCUT2D eigenvalue weighted by Gasteiger charge is -2.14. The molecule has 9 heteroatoms. The number of aryl methyl sites for hydroxylation is 1. The van der Waals surface area contributed by atoms with Crippen LogP contribution in [-0.2, 0) is 16.1 Å². The number of nitrogens with one attached hydrogen (secondary N) is 2. The SMILES string of the molecule is Cc1nc(CNC(=O)CCNC(=O)OCC2c3ccccc3-c3ccccc32)sc1C(=O)O. The van der Waals surface area contributed by atoms with Crippen molar-refractivity contribution >= 4 is 29.3 Å². The molecule has 0 atom stereocenters. The number of rotatable bonds is 8. The molecule has 2 aromatic carbocycles. The summed E-state index contributed by atoms with van der Waals surface area (Å²) in [5, 5.41) is 14.9. The molecule has 8 nitrogen and oxygen atoms in total. The number of aromatic nitrogens is 1. The fraction of sp³-hybridized carbons (Fsp3) is 0.250. The molecule has 0 spiro atoms. The summed E-state index contributed by atoms with van der Waals surface area (Å²) in [6.45, 7) is 2.09. The highest BCUT2D eigenvalue weighted by molar-refractivity contribution is 7.13. The molecule has 1 heterocycles. The number of hydrogen-bond acceptors (Lipinski definition) is 6. The second kappa shape index (κ2) is 9.83. The van der Waals surface area contributed by atoms with E-state index >= 15 is 0 Å². The molecule has 0 saturated heterocycles. The highest BCUT2D eigenvalue weighted by atomic mass is 32.1. The summed E-state index contributed by atoms with van der Waals surface area (Å²) in [7, 11) is 0. The largest absolute Gasteiger partial charge is 0.477 e. The van der Waals surface area contributed by atoms with Gasteiger partial charge in [-0.1, -0.05) is 48.5 Å². The molecule has 0 unspecified atom stereocenters. The summed E-state index contributed by atoms with van der Waals surface area (Å²) in [4.78, 5) is 39.6. The minimum Gasteiger partial charge on any atom is -0.477 e. The zero-order chi connectivity index (χ0) is 23.4. The predicted octanol–water partition coefficient (Wildman–Crippen LogP) is 3.69. The number of nitrogens with zero attached hydrogens (tertiary/aromatic N) is 1. The van der Waals surface area contributed by atoms with Crippen LogP contribution < -0.4 is 10.6 Å². The van der Waals surface area contributed by atoms with E-state index in [4.69, 9.17) is 9.84 Å². The molecule has 0 saturated carbocycles. The maximum absolute atomic E-state index is 12.2. The van der Waals surface area contributed by atoms with Crippen molar-refractivity contribution in [1.29, 1.82) is 0 Å².